The van der Waals surface area contributed by atoms with E-state index in [1.807, 2.05) is 0 Å². The first-order valence-corrected chi connectivity index (χ1v) is 8.48. The number of ether oxygens (including phenoxy) is 1. The van der Waals surface area contributed by atoms with Crippen molar-refractivity contribution in [2.75, 3.05) is 18.6 Å². The third kappa shape index (κ3) is 2.61. The molecule has 1 aliphatic rings. The number of benzene rings is 2. The van der Waals surface area contributed by atoms with E-state index in [0.717, 1.165) is 4.90 Å². The van der Waals surface area contributed by atoms with Crippen molar-refractivity contribution in [1.29, 1.82) is 0 Å². The summed E-state index contributed by atoms with van der Waals surface area (Å²) in [6.07, 6.45) is 0. The van der Waals surface area contributed by atoms with Crippen LogP contribution in [0.2, 0.25) is 0 Å². The van der Waals surface area contributed by atoms with Gasteiger partial charge in [0.05, 0.1) is 12.0 Å². The zero-order chi connectivity index (χ0) is 17.3. The first-order valence-electron chi connectivity index (χ1n) is 7.04. The molecule has 3 amide bonds. The van der Waals surface area contributed by atoms with Gasteiger partial charge in [-0.15, -0.1) is 4.31 Å². The molecule has 3 rings (SSSR count). The molecule has 1 saturated heterocycles. The molecule has 0 aliphatic carbocycles. The Bertz CT molecular complexity index is 896. The van der Waals surface area contributed by atoms with Gasteiger partial charge in [-0.25, -0.2) is 13.2 Å². The minimum atomic E-state index is -4.30. The second kappa shape index (κ2) is 5.97. The summed E-state index contributed by atoms with van der Waals surface area (Å²) in [5.41, 5.74) is 0.458. The lowest BCUT2D eigenvalue weighted by Gasteiger charge is -2.17. The van der Waals surface area contributed by atoms with E-state index >= 15 is 0 Å². The molecule has 0 aromatic heterocycles. The summed E-state index contributed by atoms with van der Waals surface area (Å²) >= 11 is 0. The van der Waals surface area contributed by atoms with Gasteiger partial charge in [-0.2, -0.15) is 0 Å². The highest BCUT2D eigenvalue weighted by atomic mass is 32.2. The van der Waals surface area contributed by atoms with Crippen molar-refractivity contribution in [2.45, 2.75) is 4.90 Å². The van der Waals surface area contributed by atoms with Crippen LogP contribution in [0.1, 0.15) is 0 Å². The average Bonchev–Trinajstić information content (AvgIpc) is 2.90. The summed E-state index contributed by atoms with van der Waals surface area (Å²) in [5, 5.41) is 0. The van der Waals surface area contributed by atoms with Crippen LogP contribution in [0.3, 0.4) is 0 Å². The van der Waals surface area contributed by atoms with Gasteiger partial charge >= 0.3 is 6.03 Å². The molecule has 0 radical (unpaired) electrons. The van der Waals surface area contributed by atoms with Gasteiger partial charge in [0.1, 0.15) is 12.3 Å². The molecule has 0 saturated carbocycles. The molecule has 0 atom stereocenters. The zero-order valence-electron chi connectivity index (χ0n) is 12.7. The lowest BCUT2D eigenvalue weighted by molar-refractivity contribution is -0.121. The van der Waals surface area contributed by atoms with Gasteiger partial charge < -0.3 is 4.74 Å². The van der Waals surface area contributed by atoms with Gasteiger partial charge in [-0.1, -0.05) is 24.3 Å². The monoisotopic (exact) mass is 346 g/mol. The Kier molecular flexibility index (Phi) is 3.98. The summed E-state index contributed by atoms with van der Waals surface area (Å²) in [7, 11) is -2.90. The van der Waals surface area contributed by atoms with Crippen molar-refractivity contribution >= 4 is 27.6 Å². The quantitative estimate of drug-likeness (QED) is 0.789. The number of carbonyl (C=O) groups is 2. The fourth-order valence-electron chi connectivity index (χ4n) is 2.40. The van der Waals surface area contributed by atoms with Crippen molar-refractivity contribution in [3.8, 4) is 5.75 Å². The Morgan fingerprint density at radius 2 is 1.71 bits per heavy atom. The van der Waals surface area contributed by atoms with E-state index in [0.29, 0.717) is 15.7 Å². The molecule has 7 nitrogen and oxygen atoms in total. The summed E-state index contributed by atoms with van der Waals surface area (Å²) in [6, 6.07) is 13.2. The SMILES string of the molecule is COc1cccc(S(=O)(=O)N2C(=O)CN(c3ccccc3)C2=O)c1. The topological polar surface area (TPSA) is 84.0 Å². The molecule has 8 heteroatoms. The standard InChI is InChI=1S/C16H14N2O5S/c1-23-13-8-5-9-14(10-13)24(21,22)18-15(19)11-17(16(18)20)12-6-3-2-4-7-12/h2-10H,11H2,1H3. The molecule has 2 aromatic rings. The lowest BCUT2D eigenvalue weighted by Crippen LogP contribution is -2.38. The summed E-state index contributed by atoms with van der Waals surface area (Å²) in [5.74, 6) is -0.484. The van der Waals surface area contributed by atoms with Gasteiger partial charge in [-0.3, -0.25) is 9.69 Å². The van der Waals surface area contributed by atoms with Crippen molar-refractivity contribution in [2.24, 2.45) is 0 Å². The number of para-hydroxylation sites is 1. The lowest BCUT2D eigenvalue weighted by atomic mass is 10.3. The maximum atomic E-state index is 12.7. The number of hydrogen-bond acceptors (Lipinski definition) is 5. The predicted octanol–water partition coefficient (Wildman–Crippen LogP) is 1.85. The van der Waals surface area contributed by atoms with Crippen molar-refractivity contribution in [3.05, 3.63) is 54.6 Å². The van der Waals surface area contributed by atoms with E-state index in [4.69, 9.17) is 4.74 Å². The normalized spacial score (nSPS) is 15.0. The van der Waals surface area contributed by atoms with E-state index in [1.165, 1.54) is 25.3 Å². The molecule has 24 heavy (non-hydrogen) atoms. The van der Waals surface area contributed by atoms with E-state index in [9.17, 15) is 18.0 Å². The number of carbonyl (C=O) groups excluding carboxylic acids is 2. The highest BCUT2D eigenvalue weighted by Crippen LogP contribution is 2.27. The highest BCUT2D eigenvalue weighted by molar-refractivity contribution is 7.90. The number of imide groups is 1. The van der Waals surface area contributed by atoms with Crippen LogP contribution in [-0.2, 0) is 14.8 Å². The molecule has 0 N–H and O–H groups in total. The number of anilines is 1. The van der Waals surface area contributed by atoms with Gasteiger partial charge in [0.2, 0.25) is 0 Å². The number of hydrogen-bond donors (Lipinski definition) is 0. The maximum absolute atomic E-state index is 12.7. The molecule has 0 unspecified atom stereocenters. The average molecular weight is 346 g/mol. The number of urea groups is 1. The minimum Gasteiger partial charge on any atom is -0.497 e. The van der Waals surface area contributed by atoms with E-state index in [1.54, 1.807) is 36.4 Å². The molecule has 0 bridgehead atoms. The van der Waals surface area contributed by atoms with Crippen LogP contribution < -0.4 is 9.64 Å². The van der Waals surface area contributed by atoms with E-state index in [2.05, 4.69) is 0 Å². The van der Waals surface area contributed by atoms with Crippen LogP contribution >= 0.6 is 0 Å². The Labute approximate surface area is 139 Å². The Balaban J connectivity index is 1.99. The molecular weight excluding hydrogens is 332 g/mol. The van der Waals surface area contributed by atoms with Crippen LogP contribution in [0.15, 0.2) is 59.5 Å². The van der Waals surface area contributed by atoms with Gasteiger partial charge in [0.15, 0.2) is 0 Å². The zero-order valence-corrected chi connectivity index (χ0v) is 13.6. The molecule has 2 aromatic carbocycles. The largest absolute Gasteiger partial charge is 0.497 e. The van der Waals surface area contributed by atoms with Crippen LogP contribution in [0.5, 0.6) is 5.75 Å². The summed E-state index contributed by atoms with van der Waals surface area (Å²) < 4.78 is 30.7. The summed E-state index contributed by atoms with van der Waals surface area (Å²) in [4.78, 5) is 25.7. The van der Waals surface area contributed by atoms with Crippen molar-refractivity contribution < 1.29 is 22.7 Å². The maximum Gasteiger partial charge on any atom is 0.346 e. The van der Waals surface area contributed by atoms with Crippen LogP contribution in [0, 0.1) is 0 Å². The second-order valence-corrected chi connectivity index (χ2v) is 6.83. The molecular formula is C16H14N2O5S. The van der Waals surface area contributed by atoms with Gasteiger partial charge in [0, 0.05) is 11.8 Å². The number of sulfonamides is 1. The number of methoxy groups -OCH3 is 1. The number of nitrogens with zero attached hydrogens (tertiary/aromatic N) is 2. The molecule has 1 fully saturated rings. The van der Waals surface area contributed by atoms with Crippen molar-refractivity contribution in [1.82, 2.24) is 4.31 Å². The van der Waals surface area contributed by atoms with Crippen LogP contribution in [-0.4, -0.2) is 38.3 Å². The first kappa shape index (κ1) is 16.0. The van der Waals surface area contributed by atoms with Crippen LogP contribution in [0.25, 0.3) is 0 Å². The fraction of sp³-hybridized carbons (Fsp3) is 0.125. The molecule has 1 aliphatic heterocycles. The molecule has 124 valence electrons. The Morgan fingerprint density at radius 3 is 2.38 bits per heavy atom. The van der Waals surface area contributed by atoms with Crippen molar-refractivity contribution in [3.63, 3.8) is 0 Å². The smallest absolute Gasteiger partial charge is 0.346 e. The molecule has 0 spiro atoms. The van der Waals surface area contributed by atoms with Crippen LogP contribution in [0.4, 0.5) is 10.5 Å². The number of rotatable bonds is 4. The first-order chi connectivity index (χ1) is 11.4. The van der Waals surface area contributed by atoms with E-state index < -0.39 is 22.0 Å². The summed E-state index contributed by atoms with van der Waals surface area (Å²) in [6.45, 7) is -0.327. The Morgan fingerprint density at radius 1 is 1.00 bits per heavy atom. The third-order valence-corrected chi connectivity index (χ3v) is 5.26. The van der Waals surface area contributed by atoms with Gasteiger partial charge in [0.25, 0.3) is 15.9 Å². The molecule has 1 heterocycles. The fourth-order valence-corrected chi connectivity index (χ4v) is 3.75. The van der Waals surface area contributed by atoms with E-state index in [-0.39, 0.29) is 11.4 Å². The number of amides is 3. The second-order valence-electron chi connectivity index (χ2n) is 5.05. The third-order valence-electron chi connectivity index (χ3n) is 3.57. The Hall–Kier alpha value is -2.87. The minimum absolute atomic E-state index is 0.182. The predicted molar refractivity (Wildman–Crippen MR) is 86.2 cm³/mol. The van der Waals surface area contributed by atoms with Gasteiger partial charge in [-0.05, 0) is 24.3 Å². The highest BCUT2D eigenvalue weighted by Gasteiger charge is 2.45.